The lowest BCUT2D eigenvalue weighted by Crippen LogP contribution is -2.36. The fourth-order valence-corrected chi connectivity index (χ4v) is 20.3. The summed E-state index contributed by atoms with van der Waals surface area (Å²) in [5.74, 6) is -0.126. The first-order valence-corrected chi connectivity index (χ1v) is 60.7. The Morgan fingerprint density at radius 3 is 0.450 bits per heavy atom. The minimum absolute atomic E-state index is 0.00993. The molecule has 818 valence electrons. The van der Waals surface area contributed by atoms with E-state index in [4.69, 9.17) is 56.8 Å². The molecule has 0 aliphatic rings. The molecule has 0 N–H and O–H groups in total. The summed E-state index contributed by atoms with van der Waals surface area (Å²) in [5, 5.41) is -2.20. The van der Waals surface area contributed by atoms with E-state index in [0.29, 0.717) is 78.0 Å². The molecule has 140 heavy (non-hydrogen) atoms. The summed E-state index contributed by atoms with van der Waals surface area (Å²) in [7, 11) is 0. The lowest BCUT2D eigenvalue weighted by molar-refractivity contribution is -0.152. The van der Waals surface area contributed by atoms with Crippen molar-refractivity contribution in [1.29, 1.82) is 0 Å². The van der Waals surface area contributed by atoms with Crippen molar-refractivity contribution in [3.05, 3.63) is 0 Å². The van der Waals surface area contributed by atoms with Crippen LogP contribution in [0, 0.1) is 0 Å². The van der Waals surface area contributed by atoms with Crippen molar-refractivity contribution in [3.63, 3.8) is 0 Å². The number of esters is 12. The molecule has 0 spiro atoms. The molecule has 0 fully saturated rings. The summed E-state index contributed by atoms with van der Waals surface area (Å²) >= 11 is 9.32. The minimum atomic E-state index is -0.515. The van der Waals surface area contributed by atoms with Gasteiger partial charge in [-0.05, 0) is 180 Å². The molecule has 6 atom stereocenters. The van der Waals surface area contributed by atoms with Crippen molar-refractivity contribution in [2.75, 3.05) is 192 Å². The van der Waals surface area contributed by atoms with E-state index in [0.717, 1.165) is 112 Å². The van der Waals surface area contributed by atoms with Gasteiger partial charge in [0.05, 0.1) is 70.0 Å². The highest BCUT2D eigenvalue weighted by molar-refractivity contribution is 8.01. The molecule has 0 aliphatic carbocycles. The fraction of sp³-hybridized carbons (Fsp3) is 0.887. The van der Waals surface area contributed by atoms with Crippen LogP contribution >= 0.6 is 70.6 Å². The van der Waals surface area contributed by atoms with Gasteiger partial charge in [-0.2, -0.15) is 0 Å². The molecule has 0 amide bonds. The molecule has 0 saturated carbocycles. The zero-order valence-corrected chi connectivity index (χ0v) is 94.1. The molecule has 6 unspecified atom stereocenters. The van der Waals surface area contributed by atoms with Crippen molar-refractivity contribution in [3.8, 4) is 0 Å². The molecule has 0 aliphatic heterocycles. The van der Waals surface area contributed by atoms with E-state index in [2.05, 4.69) is 51.3 Å². The van der Waals surface area contributed by atoms with Gasteiger partial charge in [0.2, 0.25) is 0 Å². The summed E-state index contributed by atoms with van der Waals surface area (Å²) in [4.78, 5) is 167. The lowest BCUT2D eigenvalue weighted by Gasteiger charge is -2.27. The van der Waals surface area contributed by atoms with E-state index in [1.807, 2.05) is 51.3 Å². The second kappa shape index (κ2) is 99.2. The van der Waals surface area contributed by atoms with Crippen LogP contribution in [0.15, 0.2) is 0 Å². The van der Waals surface area contributed by atoms with Crippen molar-refractivity contribution >= 4 is 142 Å². The van der Waals surface area contributed by atoms with Gasteiger partial charge >= 0.3 is 71.6 Å². The van der Waals surface area contributed by atoms with Gasteiger partial charge in [0.1, 0.15) is 79.3 Å². The highest BCUT2D eigenvalue weighted by atomic mass is 32.2. The third-order valence-electron chi connectivity index (χ3n) is 23.6. The molecule has 28 nitrogen and oxygen atoms in total. The van der Waals surface area contributed by atoms with Crippen LogP contribution in [-0.2, 0) is 114 Å². The Hall–Kier alpha value is -4.42. The Balaban J connectivity index is 7.09. The van der Waals surface area contributed by atoms with E-state index in [1.165, 1.54) is 154 Å². The lowest BCUT2D eigenvalue weighted by atomic mass is 10.1. The molecule has 0 aromatic rings. The normalized spacial score (nSPS) is 12.8. The highest BCUT2D eigenvalue weighted by Gasteiger charge is 2.25. The van der Waals surface area contributed by atoms with Crippen LogP contribution < -0.4 is 0 Å². The van der Waals surface area contributed by atoms with E-state index in [1.54, 1.807) is 70.6 Å². The quantitative estimate of drug-likeness (QED) is 0.0310. The first-order valence-electron chi connectivity index (χ1n) is 54.4. The summed E-state index contributed by atoms with van der Waals surface area (Å²) in [5.41, 5.74) is 0. The topological polar surface area (TPSA) is 329 Å². The third kappa shape index (κ3) is 86.7. The summed E-state index contributed by atoms with van der Waals surface area (Å²) in [6.45, 7) is 27.0. The van der Waals surface area contributed by atoms with Crippen LogP contribution in [0.1, 0.15) is 378 Å². The number of rotatable bonds is 103. The molecule has 0 saturated heterocycles. The predicted molar refractivity (Wildman–Crippen MR) is 575 cm³/mol. The van der Waals surface area contributed by atoms with Gasteiger partial charge in [0.15, 0.2) is 0 Å². The van der Waals surface area contributed by atoms with Crippen molar-refractivity contribution in [2.45, 2.75) is 410 Å². The predicted octanol–water partition coefficient (Wildman–Crippen LogP) is 21.5. The Labute approximate surface area is 872 Å². The molecule has 0 heterocycles. The van der Waals surface area contributed by atoms with Crippen LogP contribution in [0.5, 0.6) is 0 Å². The molecular formula is C106H194N4O24S6. The second-order valence-corrected chi connectivity index (χ2v) is 45.0. The van der Waals surface area contributed by atoms with E-state index in [9.17, 15) is 57.5 Å². The number of carbonyl (C=O) groups is 12. The molecule has 0 rings (SSSR count). The van der Waals surface area contributed by atoms with Gasteiger partial charge in [0, 0.05) is 39.3 Å². The molecule has 0 bridgehead atoms. The Kier molecular flexibility index (Phi) is 96.1. The van der Waals surface area contributed by atoms with Crippen LogP contribution in [0.25, 0.3) is 0 Å². The van der Waals surface area contributed by atoms with E-state index in [-0.39, 0.29) is 211 Å². The molecule has 0 aromatic carbocycles. The van der Waals surface area contributed by atoms with Gasteiger partial charge in [-0.15, -0.1) is 70.6 Å². The number of carbonyl (C=O) groups excluding carboxylic acids is 12. The van der Waals surface area contributed by atoms with Crippen molar-refractivity contribution in [1.82, 2.24) is 19.6 Å². The number of unbranched alkanes of at least 4 members (excludes halogenated alkanes) is 31. The van der Waals surface area contributed by atoms with Gasteiger partial charge in [0.25, 0.3) is 0 Å². The number of hydrogen-bond acceptors (Lipinski definition) is 34. The average Bonchev–Trinajstić information content (AvgIpc) is 0.915. The molecular weight excluding hydrogens is 1910 g/mol. The zero-order chi connectivity index (χ0) is 103. The van der Waals surface area contributed by atoms with E-state index >= 15 is 0 Å². The maximum absolute atomic E-state index is 13.6. The zero-order valence-electron chi connectivity index (χ0n) is 89.2. The fourth-order valence-electron chi connectivity index (χ4n) is 14.7. The average molecular weight is 2100 g/mol. The smallest absolute Gasteiger partial charge is 0.318 e. The first-order chi connectivity index (χ1) is 67.8. The third-order valence-corrected chi connectivity index (χ3v) is 30.9. The van der Waals surface area contributed by atoms with Gasteiger partial charge in [-0.3, -0.25) is 57.5 Å². The maximum atomic E-state index is 13.6. The number of nitrogens with zero attached hydrogens (tertiary/aromatic N) is 4. The number of ether oxygens (including phenoxy) is 12. The molecule has 34 heteroatoms. The highest BCUT2D eigenvalue weighted by Crippen LogP contribution is 2.24. The van der Waals surface area contributed by atoms with Gasteiger partial charge in [-0.25, -0.2) is 0 Å². The minimum Gasteiger partial charge on any atom is -0.462 e. The van der Waals surface area contributed by atoms with Gasteiger partial charge in [-0.1, -0.05) is 234 Å². The Bertz CT molecular complexity index is 2770. The number of thioether (sulfide) groups is 6. The largest absolute Gasteiger partial charge is 0.462 e. The second-order valence-electron chi connectivity index (χ2n) is 36.3. The Morgan fingerprint density at radius 1 is 0.164 bits per heavy atom. The first kappa shape index (κ1) is 136. The van der Waals surface area contributed by atoms with Crippen molar-refractivity contribution in [2.24, 2.45) is 0 Å². The van der Waals surface area contributed by atoms with Crippen LogP contribution in [0.3, 0.4) is 0 Å². The van der Waals surface area contributed by atoms with Gasteiger partial charge < -0.3 is 76.4 Å². The summed E-state index contributed by atoms with van der Waals surface area (Å²) in [6.07, 6.45) is 43.7. The Morgan fingerprint density at radius 2 is 0.293 bits per heavy atom. The summed E-state index contributed by atoms with van der Waals surface area (Å²) in [6, 6.07) is 0. The molecule has 0 aromatic heterocycles. The van der Waals surface area contributed by atoms with Crippen LogP contribution in [0.2, 0.25) is 0 Å². The van der Waals surface area contributed by atoms with Crippen LogP contribution in [-0.4, -0.2) is 315 Å². The van der Waals surface area contributed by atoms with E-state index < -0.39 is 35.8 Å². The molecule has 0 radical (unpaired) electrons. The van der Waals surface area contributed by atoms with Crippen molar-refractivity contribution < 1.29 is 114 Å². The standard InChI is InChI=1S/C106H194N4O24S6/c1-13-19-25-31-37-45-83-135-89(7)101(117)129-77-71-123-95(111)53-65-107(61-51-63-109(67-55-97(113)125-73-79-131-103(119)91(9)137-85-47-39-33-27-21-15-3)68-56-98(114)126-74-80-132-104(120)92(10)138-86-48-40-34-28-22-16-4)59-43-44-60-108(66-54-96(112)124-72-78-130-102(118)90(8)136-84-46-38-32-26-20-14-2)62-52-64-110(69-57-99(115)127-75-81-133-105(121)93(11)139-87-49-41-35-29-23-17-5)70-58-100(116)128-76-82-134-106(122)94(12)140-88-50-42-36-30-24-18-6/h89-94H,13-88H2,1-12H3. The SMILES string of the molecule is CCCCCCCCSC(C)C(=O)OCCOC(=O)CCN(CCCCN(CCCN(CCC(=O)OCCOC(=O)C(C)SCCCCCCCC)CCC(=O)OCCOC(=O)C(C)SCCCCCCCC)CCC(=O)OCCOC(=O)C(C)SCCCCCCCC)CCCN(CCC(=O)OCCOC(=O)C(C)SCCCCCCCC)CCC(=O)OCCOC(=O)C(C)SCCCCCCCC. The van der Waals surface area contributed by atoms with Crippen LogP contribution in [0.4, 0.5) is 0 Å². The summed E-state index contributed by atoms with van der Waals surface area (Å²) < 4.78 is 66.6. The monoisotopic (exact) mass is 2100 g/mol. The maximum Gasteiger partial charge on any atom is 0.318 e. The number of hydrogen-bond donors (Lipinski definition) is 0.